The fourth-order valence-corrected chi connectivity index (χ4v) is 2.24. The molecule has 0 bridgehead atoms. The summed E-state index contributed by atoms with van der Waals surface area (Å²) >= 11 is 11.8. The van der Waals surface area contributed by atoms with Crippen molar-refractivity contribution >= 4 is 34.8 Å². The number of alkyl halides is 1. The molecule has 0 fully saturated rings. The average molecular weight is 364 g/mol. The summed E-state index contributed by atoms with van der Waals surface area (Å²) in [4.78, 5) is 12.4. The van der Waals surface area contributed by atoms with E-state index in [-0.39, 0.29) is 18.3 Å². The quantitative estimate of drug-likeness (QED) is 0.463. The van der Waals surface area contributed by atoms with Crippen molar-refractivity contribution < 1.29 is 14.6 Å². The lowest BCUT2D eigenvalue weighted by Gasteiger charge is -2.21. The van der Waals surface area contributed by atoms with E-state index in [1.807, 2.05) is 13.8 Å². The normalized spacial score (nSPS) is 12.1. The topological polar surface area (TPSA) is 73.8 Å². The first-order valence-corrected chi connectivity index (χ1v) is 8.29. The predicted octanol–water partition coefficient (Wildman–Crippen LogP) is 2.35. The molecule has 0 spiro atoms. The van der Waals surface area contributed by atoms with E-state index in [0.717, 1.165) is 0 Å². The van der Waals surface area contributed by atoms with Crippen LogP contribution in [-0.2, 0) is 0 Å². The second kappa shape index (κ2) is 9.82. The molecule has 0 saturated carbocycles. The number of halogens is 2. The first kappa shape index (κ1) is 19.8. The number of amides is 1. The highest BCUT2D eigenvalue weighted by molar-refractivity contribution is 6.33. The van der Waals surface area contributed by atoms with E-state index in [0.29, 0.717) is 35.1 Å². The van der Waals surface area contributed by atoms with Gasteiger partial charge in [0.05, 0.1) is 35.4 Å². The summed E-state index contributed by atoms with van der Waals surface area (Å²) in [5.41, 5.74) is 3.69. The maximum Gasteiger partial charge on any atom is 0.269 e. The number of aliphatic hydroxyl groups excluding tert-OH is 1. The van der Waals surface area contributed by atoms with Gasteiger partial charge < -0.3 is 15.2 Å². The maximum atomic E-state index is 12.4. The van der Waals surface area contributed by atoms with Gasteiger partial charge >= 0.3 is 0 Å². The van der Waals surface area contributed by atoms with Crippen molar-refractivity contribution in [3.05, 3.63) is 22.7 Å². The van der Waals surface area contributed by atoms with Gasteiger partial charge in [0.15, 0.2) is 0 Å². The monoisotopic (exact) mass is 363 g/mol. The third kappa shape index (κ3) is 5.73. The van der Waals surface area contributed by atoms with E-state index in [1.165, 1.54) is 13.2 Å². The second-order valence-electron chi connectivity index (χ2n) is 4.83. The van der Waals surface area contributed by atoms with Gasteiger partial charge in [-0.25, -0.2) is 5.01 Å². The van der Waals surface area contributed by atoms with Crippen LogP contribution in [0.5, 0.6) is 5.75 Å². The molecule has 0 aliphatic rings. The number of hydrogen-bond donors (Lipinski definition) is 3. The largest absolute Gasteiger partial charge is 0.496 e. The molecule has 1 aromatic carbocycles. The van der Waals surface area contributed by atoms with Crippen LogP contribution in [0.4, 0.5) is 5.69 Å². The number of anilines is 1. The van der Waals surface area contributed by atoms with Gasteiger partial charge in [-0.3, -0.25) is 10.2 Å². The maximum absolute atomic E-state index is 12.4. The molecule has 6 nitrogen and oxygen atoms in total. The molecule has 3 N–H and O–H groups in total. The summed E-state index contributed by atoms with van der Waals surface area (Å²) in [5.74, 6) is 0.216. The zero-order chi connectivity index (χ0) is 17.4. The van der Waals surface area contributed by atoms with Gasteiger partial charge in [-0.15, -0.1) is 11.6 Å². The number of rotatable bonds is 9. The number of nitrogens with one attached hydrogen (secondary N) is 2. The van der Waals surface area contributed by atoms with Crippen molar-refractivity contribution in [1.29, 1.82) is 0 Å². The van der Waals surface area contributed by atoms with Crippen LogP contribution in [-0.4, -0.2) is 54.8 Å². The van der Waals surface area contributed by atoms with Crippen LogP contribution in [0.2, 0.25) is 5.02 Å². The van der Waals surface area contributed by atoms with Gasteiger partial charge in [-0.1, -0.05) is 25.4 Å². The molecule has 1 rings (SSSR count). The zero-order valence-electron chi connectivity index (χ0n) is 13.5. The van der Waals surface area contributed by atoms with Crippen LogP contribution in [0.15, 0.2) is 12.1 Å². The highest BCUT2D eigenvalue weighted by atomic mass is 35.5. The molecular weight excluding hydrogens is 341 g/mol. The smallest absolute Gasteiger partial charge is 0.269 e. The Hall–Kier alpha value is -1.21. The Morgan fingerprint density at radius 3 is 2.57 bits per heavy atom. The summed E-state index contributed by atoms with van der Waals surface area (Å²) in [6, 6.07) is 3.16. The number of nitrogens with zero attached hydrogens (tertiary/aromatic N) is 1. The van der Waals surface area contributed by atoms with E-state index in [1.54, 1.807) is 11.1 Å². The van der Waals surface area contributed by atoms with Crippen molar-refractivity contribution in [2.75, 3.05) is 37.9 Å². The van der Waals surface area contributed by atoms with Gasteiger partial charge in [-0.2, -0.15) is 0 Å². The van der Waals surface area contributed by atoms with Crippen molar-refractivity contribution in [2.45, 2.75) is 20.0 Å². The molecular formula is C15H23Cl2N3O3. The van der Waals surface area contributed by atoms with E-state index in [9.17, 15) is 9.90 Å². The number of ether oxygens (including phenoxy) is 1. The molecule has 0 saturated heterocycles. The number of carbonyl (C=O) groups excluding carboxylic acids is 1. The number of carbonyl (C=O) groups is 1. The standard InChI is InChI=1S/C15H23Cl2N3O3/c1-4-20(5-2)19-15(22)11-6-12(17)13(7-14(11)23-3)18-9-10(21)8-16/h6-7,10,18,21H,4-5,8-9H2,1-3H3,(H,19,22). The Labute approximate surface area is 146 Å². The minimum absolute atomic E-state index is 0.117. The van der Waals surface area contributed by atoms with Crippen LogP contribution in [0.3, 0.4) is 0 Å². The Kier molecular flexibility index (Phi) is 8.47. The Morgan fingerprint density at radius 1 is 1.39 bits per heavy atom. The average Bonchev–Trinajstić information content (AvgIpc) is 2.57. The van der Waals surface area contributed by atoms with Crippen molar-refractivity contribution in [2.24, 2.45) is 0 Å². The van der Waals surface area contributed by atoms with Crippen LogP contribution in [0.25, 0.3) is 0 Å². The molecule has 130 valence electrons. The molecule has 1 amide bonds. The van der Waals surface area contributed by atoms with E-state index < -0.39 is 6.10 Å². The van der Waals surface area contributed by atoms with Crippen molar-refractivity contribution in [1.82, 2.24) is 10.4 Å². The lowest BCUT2D eigenvalue weighted by molar-refractivity contribution is 0.0802. The van der Waals surface area contributed by atoms with E-state index >= 15 is 0 Å². The summed E-state index contributed by atoms with van der Waals surface area (Å²) < 4.78 is 5.28. The van der Waals surface area contributed by atoms with Crippen molar-refractivity contribution in [3.63, 3.8) is 0 Å². The minimum atomic E-state index is -0.690. The van der Waals surface area contributed by atoms with Gasteiger partial charge in [-0.05, 0) is 6.07 Å². The highest BCUT2D eigenvalue weighted by Crippen LogP contribution is 2.31. The summed E-state index contributed by atoms with van der Waals surface area (Å²) in [6.45, 7) is 5.52. The number of hydrazine groups is 1. The fraction of sp³-hybridized carbons (Fsp3) is 0.533. The van der Waals surface area contributed by atoms with Gasteiger partial charge in [0.25, 0.3) is 5.91 Å². The van der Waals surface area contributed by atoms with Crippen LogP contribution in [0, 0.1) is 0 Å². The predicted molar refractivity (Wildman–Crippen MR) is 93.6 cm³/mol. The molecule has 0 heterocycles. The third-order valence-electron chi connectivity index (χ3n) is 3.26. The number of aliphatic hydroxyl groups is 1. The summed E-state index contributed by atoms with van der Waals surface area (Å²) in [5, 5.41) is 14.6. The van der Waals surface area contributed by atoms with E-state index in [4.69, 9.17) is 27.9 Å². The van der Waals surface area contributed by atoms with Gasteiger partial charge in [0.2, 0.25) is 0 Å². The fourth-order valence-electron chi connectivity index (χ4n) is 1.90. The first-order valence-electron chi connectivity index (χ1n) is 7.38. The molecule has 1 aromatic rings. The highest BCUT2D eigenvalue weighted by Gasteiger charge is 2.17. The molecule has 23 heavy (non-hydrogen) atoms. The molecule has 1 atom stereocenters. The molecule has 8 heteroatoms. The summed E-state index contributed by atoms with van der Waals surface area (Å²) in [6.07, 6.45) is -0.690. The summed E-state index contributed by atoms with van der Waals surface area (Å²) in [7, 11) is 1.48. The van der Waals surface area contributed by atoms with Crippen LogP contribution in [0.1, 0.15) is 24.2 Å². The Bertz CT molecular complexity index is 525. The van der Waals surface area contributed by atoms with Crippen molar-refractivity contribution in [3.8, 4) is 5.75 Å². The van der Waals surface area contributed by atoms with Crippen LogP contribution < -0.4 is 15.5 Å². The van der Waals surface area contributed by atoms with Crippen LogP contribution >= 0.6 is 23.2 Å². The molecule has 0 aliphatic carbocycles. The number of hydrogen-bond acceptors (Lipinski definition) is 5. The number of methoxy groups -OCH3 is 1. The third-order valence-corrected chi connectivity index (χ3v) is 3.93. The minimum Gasteiger partial charge on any atom is -0.496 e. The lowest BCUT2D eigenvalue weighted by Crippen LogP contribution is -2.42. The second-order valence-corrected chi connectivity index (χ2v) is 5.55. The zero-order valence-corrected chi connectivity index (χ0v) is 15.0. The molecule has 0 radical (unpaired) electrons. The molecule has 1 unspecified atom stereocenters. The molecule has 0 aliphatic heterocycles. The Balaban J connectivity index is 2.97. The number of benzene rings is 1. The van der Waals surface area contributed by atoms with E-state index in [2.05, 4.69) is 10.7 Å². The van der Waals surface area contributed by atoms with Gasteiger partial charge in [0.1, 0.15) is 5.75 Å². The lowest BCUT2D eigenvalue weighted by atomic mass is 10.1. The van der Waals surface area contributed by atoms with Gasteiger partial charge in [0, 0.05) is 25.7 Å². The first-order chi connectivity index (χ1) is 11.0. The Morgan fingerprint density at radius 2 is 2.04 bits per heavy atom. The molecule has 0 aromatic heterocycles. The SMILES string of the molecule is CCN(CC)NC(=O)c1cc(Cl)c(NCC(O)CCl)cc1OC.